The van der Waals surface area contributed by atoms with Crippen LogP contribution < -0.4 is 0 Å². The van der Waals surface area contributed by atoms with Crippen LogP contribution in [0.4, 0.5) is 0 Å². The molecule has 0 saturated carbocycles. The van der Waals surface area contributed by atoms with Crippen LogP contribution in [-0.4, -0.2) is 4.33 Å². The second kappa shape index (κ2) is 2.58. The standard InChI is InChI=1S/C5H8Cl2/c1-3-4-5(2,6)7/h3-4H,1-2H3/b4-3+. The van der Waals surface area contributed by atoms with E-state index in [1.54, 1.807) is 13.0 Å². The number of hydrogen-bond donors (Lipinski definition) is 0. The molecule has 0 heterocycles. The summed E-state index contributed by atoms with van der Waals surface area (Å²) in [6, 6.07) is 0. The van der Waals surface area contributed by atoms with Crippen LogP contribution in [0.5, 0.6) is 0 Å². The molecule has 0 aromatic heterocycles. The lowest BCUT2D eigenvalue weighted by Crippen LogP contribution is -1.97. The molecule has 0 bridgehead atoms. The van der Waals surface area contributed by atoms with Crippen molar-refractivity contribution >= 4 is 23.2 Å². The van der Waals surface area contributed by atoms with E-state index in [4.69, 9.17) is 23.2 Å². The molecule has 7 heavy (non-hydrogen) atoms. The lowest BCUT2D eigenvalue weighted by molar-refractivity contribution is 1.11. The molecule has 0 saturated heterocycles. The van der Waals surface area contributed by atoms with Gasteiger partial charge in [0.15, 0.2) is 0 Å². The summed E-state index contributed by atoms with van der Waals surface area (Å²) in [5, 5.41) is 0. The Hall–Kier alpha value is 0.320. The van der Waals surface area contributed by atoms with E-state index in [1.807, 2.05) is 13.0 Å². The Labute approximate surface area is 54.1 Å². The summed E-state index contributed by atoms with van der Waals surface area (Å²) in [4.78, 5) is 0. The summed E-state index contributed by atoms with van der Waals surface area (Å²) in [6.07, 6.45) is 3.54. The molecule has 0 radical (unpaired) electrons. The molecular weight excluding hydrogens is 131 g/mol. The number of halogens is 2. The van der Waals surface area contributed by atoms with Crippen LogP contribution >= 0.6 is 23.2 Å². The van der Waals surface area contributed by atoms with Gasteiger partial charge in [0.25, 0.3) is 0 Å². The summed E-state index contributed by atoms with van der Waals surface area (Å²) in [7, 11) is 0. The second-order valence-corrected chi connectivity index (χ2v) is 3.22. The third kappa shape index (κ3) is 6.32. The van der Waals surface area contributed by atoms with Gasteiger partial charge in [0, 0.05) is 0 Å². The molecule has 0 aliphatic carbocycles. The molecule has 0 amide bonds. The van der Waals surface area contributed by atoms with Crippen molar-refractivity contribution < 1.29 is 0 Å². The van der Waals surface area contributed by atoms with E-state index in [0.29, 0.717) is 0 Å². The summed E-state index contributed by atoms with van der Waals surface area (Å²) in [5.74, 6) is 0. The molecule has 42 valence electrons. The number of alkyl halides is 2. The molecule has 0 aromatic rings. The van der Waals surface area contributed by atoms with E-state index in [1.165, 1.54) is 0 Å². The van der Waals surface area contributed by atoms with Crippen molar-refractivity contribution in [3.05, 3.63) is 12.2 Å². The molecule has 0 N–H and O–H groups in total. The van der Waals surface area contributed by atoms with Gasteiger partial charge in [-0.2, -0.15) is 0 Å². The predicted octanol–water partition coefficient (Wildman–Crippen LogP) is 2.76. The highest BCUT2D eigenvalue weighted by atomic mass is 35.5. The highest BCUT2D eigenvalue weighted by Crippen LogP contribution is 2.20. The topological polar surface area (TPSA) is 0 Å². The van der Waals surface area contributed by atoms with Crippen molar-refractivity contribution in [2.24, 2.45) is 0 Å². The Bertz CT molecular complexity index is 68.6. The van der Waals surface area contributed by atoms with Gasteiger partial charge < -0.3 is 0 Å². The van der Waals surface area contributed by atoms with Crippen molar-refractivity contribution in [2.45, 2.75) is 18.2 Å². The molecular formula is C5H8Cl2. The first-order chi connectivity index (χ1) is 3.06. The minimum absolute atomic E-state index is 0.686. The second-order valence-electron chi connectivity index (χ2n) is 1.46. The fourth-order valence-corrected chi connectivity index (χ4v) is 0.545. The highest BCUT2D eigenvalue weighted by molar-refractivity contribution is 6.49. The molecule has 0 nitrogen and oxygen atoms in total. The lowest BCUT2D eigenvalue weighted by atomic mass is 10.4. The van der Waals surface area contributed by atoms with Crippen molar-refractivity contribution in [1.29, 1.82) is 0 Å². The van der Waals surface area contributed by atoms with Gasteiger partial charge in [-0.15, -0.1) is 0 Å². The molecule has 2 heteroatoms. The van der Waals surface area contributed by atoms with E-state index >= 15 is 0 Å². The summed E-state index contributed by atoms with van der Waals surface area (Å²) < 4.78 is -0.686. The number of allylic oxidation sites excluding steroid dienone is 2. The normalized spacial score (nSPS) is 13.1. The van der Waals surface area contributed by atoms with E-state index in [-0.39, 0.29) is 0 Å². The fourth-order valence-electron chi connectivity index (χ4n) is 0.293. The zero-order chi connectivity index (χ0) is 5.91. The van der Waals surface area contributed by atoms with E-state index < -0.39 is 4.33 Å². The van der Waals surface area contributed by atoms with E-state index in [0.717, 1.165) is 0 Å². The largest absolute Gasteiger partial charge is 0.133 e. The maximum Gasteiger partial charge on any atom is 0.133 e. The average molecular weight is 139 g/mol. The first-order valence-corrected chi connectivity index (χ1v) is 2.83. The fraction of sp³-hybridized carbons (Fsp3) is 0.600. The van der Waals surface area contributed by atoms with Gasteiger partial charge in [0.2, 0.25) is 0 Å². The Kier molecular flexibility index (Phi) is 2.70. The van der Waals surface area contributed by atoms with Crippen LogP contribution in [0.15, 0.2) is 12.2 Å². The van der Waals surface area contributed by atoms with Gasteiger partial charge >= 0.3 is 0 Å². The van der Waals surface area contributed by atoms with Gasteiger partial charge in [-0.05, 0) is 13.8 Å². The van der Waals surface area contributed by atoms with Crippen molar-refractivity contribution in [2.75, 3.05) is 0 Å². The van der Waals surface area contributed by atoms with E-state index in [9.17, 15) is 0 Å². The molecule has 0 unspecified atom stereocenters. The Balaban J connectivity index is 3.56. The zero-order valence-electron chi connectivity index (χ0n) is 4.41. The van der Waals surface area contributed by atoms with Crippen LogP contribution in [0.1, 0.15) is 13.8 Å². The molecule has 0 aliphatic rings. The van der Waals surface area contributed by atoms with Gasteiger partial charge in [0.1, 0.15) is 4.33 Å². The third-order valence-electron chi connectivity index (χ3n) is 0.459. The first-order valence-electron chi connectivity index (χ1n) is 2.08. The number of rotatable bonds is 1. The smallest absolute Gasteiger partial charge is 0.0973 e. The van der Waals surface area contributed by atoms with Crippen molar-refractivity contribution in [1.82, 2.24) is 0 Å². The minimum atomic E-state index is -0.686. The zero-order valence-corrected chi connectivity index (χ0v) is 5.92. The Morgan fingerprint density at radius 1 is 1.43 bits per heavy atom. The predicted molar refractivity (Wildman–Crippen MR) is 34.9 cm³/mol. The van der Waals surface area contributed by atoms with Gasteiger partial charge in [-0.1, -0.05) is 35.4 Å². The maximum absolute atomic E-state index is 5.51. The van der Waals surface area contributed by atoms with Crippen LogP contribution in [-0.2, 0) is 0 Å². The maximum atomic E-state index is 5.51. The molecule has 0 atom stereocenters. The summed E-state index contributed by atoms with van der Waals surface area (Å²) in [6.45, 7) is 3.60. The Morgan fingerprint density at radius 2 is 1.86 bits per heavy atom. The lowest BCUT2D eigenvalue weighted by Gasteiger charge is -2.02. The van der Waals surface area contributed by atoms with E-state index in [2.05, 4.69) is 0 Å². The molecule has 0 aromatic carbocycles. The van der Waals surface area contributed by atoms with Crippen LogP contribution in [0.25, 0.3) is 0 Å². The summed E-state index contributed by atoms with van der Waals surface area (Å²) in [5.41, 5.74) is 0. The molecule has 0 rings (SSSR count). The van der Waals surface area contributed by atoms with Gasteiger partial charge in [0.05, 0.1) is 0 Å². The van der Waals surface area contributed by atoms with Crippen LogP contribution in [0, 0.1) is 0 Å². The van der Waals surface area contributed by atoms with Gasteiger partial charge in [-0.25, -0.2) is 0 Å². The first kappa shape index (κ1) is 7.32. The average Bonchev–Trinajstić information content (AvgIpc) is 1.30. The Morgan fingerprint density at radius 3 is 1.86 bits per heavy atom. The molecule has 0 spiro atoms. The summed E-state index contributed by atoms with van der Waals surface area (Å²) >= 11 is 11.0. The van der Waals surface area contributed by atoms with Gasteiger partial charge in [-0.3, -0.25) is 0 Å². The van der Waals surface area contributed by atoms with Crippen LogP contribution in [0.2, 0.25) is 0 Å². The SMILES string of the molecule is C/C=C/C(C)(Cl)Cl. The minimum Gasteiger partial charge on any atom is -0.0973 e. The van der Waals surface area contributed by atoms with Crippen LogP contribution in [0.3, 0.4) is 0 Å². The third-order valence-corrected chi connectivity index (χ3v) is 0.711. The molecule has 0 fully saturated rings. The number of hydrogen-bond acceptors (Lipinski definition) is 0. The molecule has 0 aliphatic heterocycles. The van der Waals surface area contributed by atoms with Crippen molar-refractivity contribution in [3.63, 3.8) is 0 Å². The highest BCUT2D eigenvalue weighted by Gasteiger charge is 2.08. The van der Waals surface area contributed by atoms with Crippen molar-refractivity contribution in [3.8, 4) is 0 Å². The monoisotopic (exact) mass is 138 g/mol. The quantitative estimate of drug-likeness (QED) is 0.387.